The van der Waals surface area contributed by atoms with Gasteiger partial charge in [0.15, 0.2) is 11.5 Å². The fourth-order valence-electron chi connectivity index (χ4n) is 3.72. The monoisotopic (exact) mass is 383 g/mol. The van der Waals surface area contributed by atoms with Gasteiger partial charge in [0.05, 0.1) is 12.6 Å². The lowest BCUT2D eigenvalue weighted by Gasteiger charge is -2.52. The quantitative estimate of drug-likeness (QED) is 0.512. The molecule has 2 fully saturated rings. The Kier molecular flexibility index (Phi) is 4.40. The van der Waals surface area contributed by atoms with E-state index < -0.39 is 48.9 Å². The first-order valence-electron chi connectivity index (χ1n) is 8.54. The van der Waals surface area contributed by atoms with Crippen molar-refractivity contribution in [1.82, 2.24) is 4.90 Å². The van der Waals surface area contributed by atoms with Gasteiger partial charge in [0.25, 0.3) is 0 Å². The standard InChI is InChI=1S/C17H21NO9/c1-18-9(8-2-3-10-11(4-8)25-7-24-10)5-17(27-16(18)23)15(22)14(21)13(20)12(6-19)26-17/h2-4,9,12-15,19-22H,5-7H2,1H3/t9-,12+,13+,14-,15+,17-/m0/s1. The zero-order chi connectivity index (χ0) is 19.3. The third kappa shape index (κ3) is 2.80. The predicted molar refractivity (Wildman–Crippen MR) is 86.9 cm³/mol. The summed E-state index contributed by atoms with van der Waals surface area (Å²) >= 11 is 0. The number of amides is 1. The number of carbonyl (C=O) groups is 1. The molecule has 3 aliphatic rings. The van der Waals surface area contributed by atoms with Crippen molar-refractivity contribution < 1.29 is 44.2 Å². The molecule has 0 aliphatic carbocycles. The van der Waals surface area contributed by atoms with Gasteiger partial charge in [-0.1, -0.05) is 6.07 Å². The molecule has 2 saturated heterocycles. The zero-order valence-electron chi connectivity index (χ0n) is 14.5. The SMILES string of the molecule is CN1C(=O)O[C@]2(C[C@H]1c1ccc3c(c1)OCO3)O[C@H](CO)[C@@H](O)[C@H](O)[C@H]2O. The third-order valence-electron chi connectivity index (χ3n) is 5.31. The molecule has 3 heterocycles. The molecule has 0 aromatic heterocycles. The second-order valence-corrected chi connectivity index (χ2v) is 6.89. The molecule has 10 nitrogen and oxygen atoms in total. The van der Waals surface area contributed by atoms with Crippen LogP contribution in [0.2, 0.25) is 0 Å². The number of hydrogen-bond donors (Lipinski definition) is 4. The van der Waals surface area contributed by atoms with E-state index >= 15 is 0 Å². The van der Waals surface area contributed by atoms with Crippen LogP contribution in [0.5, 0.6) is 11.5 Å². The van der Waals surface area contributed by atoms with E-state index in [-0.39, 0.29) is 13.2 Å². The molecule has 3 aliphatic heterocycles. The highest BCUT2D eigenvalue weighted by Crippen LogP contribution is 2.45. The summed E-state index contributed by atoms with van der Waals surface area (Å²) < 4.78 is 21.6. The molecule has 0 saturated carbocycles. The number of fused-ring (bicyclic) bond motifs is 1. The van der Waals surface area contributed by atoms with Gasteiger partial charge in [-0.2, -0.15) is 0 Å². The van der Waals surface area contributed by atoms with E-state index in [1.165, 1.54) is 11.9 Å². The van der Waals surface area contributed by atoms with E-state index in [4.69, 9.17) is 18.9 Å². The first-order valence-corrected chi connectivity index (χ1v) is 8.54. The smallest absolute Gasteiger partial charge is 0.412 e. The summed E-state index contributed by atoms with van der Waals surface area (Å²) in [5.74, 6) is -0.790. The minimum absolute atomic E-state index is 0.0314. The lowest BCUT2D eigenvalue weighted by atomic mass is 9.85. The summed E-state index contributed by atoms with van der Waals surface area (Å²) in [4.78, 5) is 13.8. The Balaban J connectivity index is 1.69. The molecule has 0 unspecified atom stereocenters. The highest BCUT2D eigenvalue weighted by atomic mass is 16.7. The number of carbonyl (C=O) groups excluding carboxylic acids is 1. The van der Waals surface area contributed by atoms with Crippen molar-refractivity contribution in [3.05, 3.63) is 23.8 Å². The molecule has 1 amide bonds. The molecule has 1 aromatic carbocycles. The third-order valence-corrected chi connectivity index (χ3v) is 5.31. The van der Waals surface area contributed by atoms with E-state index in [9.17, 15) is 25.2 Å². The summed E-state index contributed by atoms with van der Waals surface area (Å²) in [6.45, 7) is -0.510. The van der Waals surface area contributed by atoms with Gasteiger partial charge < -0.3 is 44.3 Å². The number of nitrogens with zero attached hydrogens (tertiary/aromatic N) is 1. The van der Waals surface area contributed by atoms with Crippen LogP contribution in [0.1, 0.15) is 18.0 Å². The van der Waals surface area contributed by atoms with Crippen molar-refractivity contribution in [2.45, 2.75) is 42.7 Å². The molecular formula is C17H21NO9. The summed E-state index contributed by atoms with van der Waals surface area (Å²) in [5, 5.41) is 40.1. The molecule has 10 heteroatoms. The molecule has 27 heavy (non-hydrogen) atoms. The van der Waals surface area contributed by atoms with Crippen LogP contribution < -0.4 is 9.47 Å². The first-order chi connectivity index (χ1) is 12.9. The Morgan fingerprint density at radius 2 is 1.93 bits per heavy atom. The van der Waals surface area contributed by atoms with Crippen LogP contribution in [0, 0.1) is 0 Å². The van der Waals surface area contributed by atoms with Gasteiger partial charge in [0.2, 0.25) is 12.6 Å². The van der Waals surface area contributed by atoms with Crippen LogP contribution in [-0.4, -0.2) is 82.1 Å². The maximum absolute atomic E-state index is 12.5. The van der Waals surface area contributed by atoms with Gasteiger partial charge in [-0.3, -0.25) is 0 Å². The molecule has 0 radical (unpaired) electrons. The van der Waals surface area contributed by atoms with E-state index in [0.717, 1.165) is 0 Å². The summed E-state index contributed by atoms with van der Waals surface area (Å²) in [6, 6.07) is 4.62. The van der Waals surface area contributed by atoms with Crippen LogP contribution in [0.4, 0.5) is 4.79 Å². The fourth-order valence-corrected chi connectivity index (χ4v) is 3.72. The summed E-state index contributed by atoms with van der Waals surface area (Å²) in [5.41, 5.74) is 0.690. The number of benzene rings is 1. The molecule has 148 valence electrons. The number of ether oxygens (including phenoxy) is 4. The van der Waals surface area contributed by atoms with Crippen molar-refractivity contribution in [3.8, 4) is 11.5 Å². The predicted octanol–water partition coefficient (Wildman–Crippen LogP) is -0.901. The van der Waals surface area contributed by atoms with Gasteiger partial charge in [0, 0.05) is 13.5 Å². The molecule has 1 spiro atoms. The first kappa shape index (κ1) is 18.3. The zero-order valence-corrected chi connectivity index (χ0v) is 14.5. The number of rotatable bonds is 2. The Labute approximate surface area is 154 Å². The van der Waals surface area contributed by atoms with Crippen LogP contribution in [0.3, 0.4) is 0 Å². The Morgan fingerprint density at radius 1 is 1.19 bits per heavy atom. The minimum Gasteiger partial charge on any atom is -0.454 e. The molecule has 4 rings (SSSR count). The van der Waals surface area contributed by atoms with E-state index in [1.807, 2.05) is 0 Å². The van der Waals surface area contributed by atoms with Gasteiger partial charge in [-0.25, -0.2) is 4.79 Å². The van der Waals surface area contributed by atoms with Gasteiger partial charge in [-0.05, 0) is 17.7 Å². The summed E-state index contributed by atoms with van der Waals surface area (Å²) in [7, 11) is 1.54. The average Bonchev–Trinajstić information content (AvgIpc) is 3.13. The van der Waals surface area contributed by atoms with Gasteiger partial charge in [-0.15, -0.1) is 0 Å². The summed E-state index contributed by atoms with van der Waals surface area (Å²) in [6.07, 6.45) is -6.87. The number of aliphatic hydroxyl groups excluding tert-OH is 4. The van der Waals surface area contributed by atoms with E-state index in [1.54, 1.807) is 18.2 Å². The molecule has 6 atom stereocenters. The highest BCUT2D eigenvalue weighted by molar-refractivity contribution is 5.70. The number of aliphatic hydroxyl groups is 4. The minimum atomic E-state index is -1.91. The normalized spacial score (nSPS) is 38.2. The van der Waals surface area contributed by atoms with Crippen LogP contribution in [-0.2, 0) is 9.47 Å². The average molecular weight is 383 g/mol. The van der Waals surface area contributed by atoms with E-state index in [0.29, 0.717) is 17.1 Å². The van der Waals surface area contributed by atoms with Crippen molar-refractivity contribution in [2.24, 2.45) is 0 Å². The lowest BCUT2D eigenvalue weighted by molar-refractivity contribution is -0.360. The van der Waals surface area contributed by atoms with Crippen LogP contribution in [0.25, 0.3) is 0 Å². The topological polar surface area (TPSA) is 138 Å². The van der Waals surface area contributed by atoms with Crippen LogP contribution in [0.15, 0.2) is 18.2 Å². The second kappa shape index (κ2) is 6.50. The largest absolute Gasteiger partial charge is 0.454 e. The van der Waals surface area contributed by atoms with Gasteiger partial charge >= 0.3 is 6.09 Å². The molecular weight excluding hydrogens is 362 g/mol. The van der Waals surface area contributed by atoms with E-state index in [2.05, 4.69) is 0 Å². The number of hydrogen-bond acceptors (Lipinski definition) is 9. The molecule has 1 aromatic rings. The Bertz CT molecular complexity index is 741. The van der Waals surface area contributed by atoms with Crippen molar-refractivity contribution in [3.63, 3.8) is 0 Å². The lowest BCUT2D eigenvalue weighted by Crippen LogP contribution is -2.69. The maximum Gasteiger partial charge on any atom is 0.412 e. The fraction of sp³-hybridized carbons (Fsp3) is 0.588. The van der Waals surface area contributed by atoms with Crippen molar-refractivity contribution in [2.75, 3.05) is 20.4 Å². The maximum atomic E-state index is 12.5. The van der Waals surface area contributed by atoms with Crippen LogP contribution >= 0.6 is 0 Å². The Morgan fingerprint density at radius 3 is 2.67 bits per heavy atom. The van der Waals surface area contributed by atoms with Crippen molar-refractivity contribution >= 4 is 6.09 Å². The second-order valence-electron chi connectivity index (χ2n) is 6.89. The molecule has 0 bridgehead atoms. The molecule has 4 N–H and O–H groups in total. The van der Waals surface area contributed by atoms with Gasteiger partial charge in [0.1, 0.15) is 24.4 Å². The Hall–Kier alpha value is -2.11. The highest BCUT2D eigenvalue weighted by Gasteiger charge is 2.59. The van der Waals surface area contributed by atoms with Crippen molar-refractivity contribution in [1.29, 1.82) is 0 Å².